The summed E-state index contributed by atoms with van der Waals surface area (Å²) in [6, 6.07) is 0.765. The molecule has 1 aliphatic heterocycles. The summed E-state index contributed by atoms with van der Waals surface area (Å²) in [6.45, 7) is 4.50. The van der Waals surface area contributed by atoms with Crippen molar-refractivity contribution in [2.45, 2.75) is 89.2 Å². The van der Waals surface area contributed by atoms with E-state index in [9.17, 15) is 0 Å². The van der Waals surface area contributed by atoms with Gasteiger partial charge in [0.25, 0.3) is 0 Å². The molecule has 0 radical (unpaired) electrons. The van der Waals surface area contributed by atoms with Gasteiger partial charge >= 0.3 is 0 Å². The molecule has 3 rings (SSSR count). The lowest BCUT2D eigenvalue weighted by Crippen LogP contribution is -2.47. The van der Waals surface area contributed by atoms with Crippen LogP contribution in [-0.2, 0) is 4.74 Å². The lowest BCUT2D eigenvalue weighted by molar-refractivity contribution is -0.0993. The minimum atomic E-state index is 0.286. The van der Waals surface area contributed by atoms with Crippen LogP contribution in [0.3, 0.4) is 0 Å². The number of ether oxygens (including phenoxy) is 1. The fraction of sp³-hybridized carbons (Fsp3) is 1.00. The summed E-state index contributed by atoms with van der Waals surface area (Å²) < 4.78 is 6.23. The standard InChI is InChI=1S/C18H33NO/c1-2-11-19-17(13-15-6-5-7-15)16-8-12-20-18(14-16)9-3-4-10-18/h15-17,19H,2-14H2,1H3. The molecule has 1 saturated heterocycles. The zero-order valence-electron chi connectivity index (χ0n) is 13.3. The second-order valence-corrected chi connectivity index (χ2v) is 7.58. The van der Waals surface area contributed by atoms with E-state index in [1.807, 2.05) is 0 Å². The van der Waals surface area contributed by atoms with Crippen LogP contribution < -0.4 is 5.32 Å². The number of nitrogens with one attached hydrogen (secondary N) is 1. The van der Waals surface area contributed by atoms with Crippen LogP contribution in [-0.4, -0.2) is 24.8 Å². The Labute approximate surface area is 125 Å². The van der Waals surface area contributed by atoms with Crippen LogP contribution in [0.15, 0.2) is 0 Å². The van der Waals surface area contributed by atoms with E-state index in [2.05, 4.69) is 12.2 Å². The molecule has 1 spiro atoms. The molecule has 2 aliphatic carbocycles. The lowest BCUT2D eigenvalue weighted by atomic mass is 9.74. The van der Waals surface area contributed by atoms with Gasteiger partial charge in [-0.15, -0.1) is 0 Å². The van der Waals surface area contributed by atoms with Crippen molar-refractivity contribution < 1.29 is 4.74 Å². The van der Waals surface area contributed by atoms with E-state index in [1.165, 1.54) is 77.2 Å². The molecule has 2 saturated carbocycles. The van der Waals surface area contributed by atoms with Crippen LogP contribution in [0.1, 0.15) is 77.6 Å². The van der Waals surface area contributed by atoms with E-state index in [1.54, 1.807) is 0 Å². The monoisotopic (exact) mass is 279 g/mol. The van der Waals surface area contributed by atoms with Crippen LogP contribution in [0.5, 0.6) is 0 Å². The predicted molar refractivity (Wildman–Crippen MR) is 83.9 cm³/mol. The molecule has 0 aromatic heterocycles. The van der Waals surface area contributed by atoms with E-state index in [0.717, 1.165) is 24.5 Å². The Morgan fingerprint density at radius 2 is 1.95 bits per heavy atom. The van der Waals surface area contributed by atoms with Gasteiger partial charge in [-0.25, -0.2) is 0 Å². The normalized spacial score (nSPS) is 31.4. The Morgan fingerprint density at radius 1 is 1.15 bits per heavy atom. The Bertz CT molecular complexity index is 294. The van der Waals surface area contributed by atoms with Crippen LogP contribution in [0.25, 0.3) is 0 Å². The average molecular weight is 279 g/mol. The zero-order valence-corrected chi connectivity index (χ0v) is 13.3. The SMILES string of the molecule is CCCNC(CC1CCC1)C1CCOC2(CCCC2)C1. The maximum absolute atomic E-state index is 6.23. The lowest BCUT2D eigenvalue weighted by Gasteiger charge is -2.43. The molecule has 1 heterocycles. The molecule has 0 aromatic rings. The molecular weight excluding hydrogens is 246 g/mol. The minimum Gasteiger partial charge on any atom is -0.375 e. The molecule has 2 atom stereocenters. The molecule has 2 unspecified atom stereocenters. The summed E-state index contributed by atoms with van der Waals surface area (Å²) in [4.78, 5) is 0. The number of rotatable bonds is 6. The molecule has 3 aliphatic rings. The quantitative estimate of drug-likeness (QED) is 0.783. The maximum Gasteiger partial charge on any atom is 0.0685 e. The highest BCUT2D eigenvalue weighted by Crippen LogP contribution is 2.44. The fourth-order valence-electron chi connectivity index (χ4n) is 4.64. The summed E-state index contributed by atoms with van der Waals surface area (Å²) in [5, 5.41) is 3.89. The van der Waals surface area contributed by atoms with Gasteiger partial charge in [-0.2, -0.15) is 0 Å². The predicted octanol–water partition coefficient (Wildman–Crippen LogP) is 4.28. The molecular formula is C18H33NO. The van der Waals surface area contributed by atoms with Crippen molar-refractivity contribution in [1.29, 1.82) is 0 Å². The van der Waals surface area contributed by atoms with Gasteiger partial charge in [0.2, 0.25) is 0 Å². The van der Waals surface area contributed by atoms with Gasteiger partial charge in [-0.1, -0.05) is 39.0 Å². The highest BCUT2D eigenvalue weighted by Gasteiger charge is 2.42. The molecule has 2 nitrogen and oxygen atoms in total. The van der Waals surface area contributed by atoms with Gasteiger partial charge in [0.1, 0.15) is 0 Å². The van der Waals surface area contributed by atoms with Crippen molar-refractivity contribution in [3.8, 4) is 0 Å². The Hall–Kier alpha value is -0.0800. The highest BCUT2D eigenvalue weighted by atomic mass is 16.5. The maximum atomic E-state index is 6.23. The Balaban J connectivity index is 1.59. The molecule has 20 heavy (non-hydrogen) atoms. The largest absolute Gasteiger partial charge is 0.375 e. The van der Waals surface area contributed by atoms with Crippen LogP contribution in [0.2, 0.25) is 0 Å². The van der Waals surface area contributed by atoms with Gasteiger partial charge in [-0.05, 0) is 56.9 Å². The third kappa shape index (κ3) is 3.39. The second-order valence-electron chi connectivity index (χ2n) is 7.58. The topological polar surface area (TPSA) is 21.3 Å². The summed E-state index contributed by atoms with van der Waals surface area (Å²) in [7, 11) is 0. The summed E-state index contributed by atoms with van der Waals surface area (Å²) in [5.41, 5.74) is 0.286. The first-order chi connectivity index (χ1) is 9.81. The summed E-state index contributed by atoms with van der Waals surface area (Å²) in [6.07, 6.45) is 15.2. The van der Waals surface area contributed by atoms with Crippen molar-refractivity contribution in [2.24, 2.45) is 11.8 Å². The summed E-state index contributed by atoms with van der Waals surface area (Å²) >= 11 is 0. The minimum absolute atomic E-state index is 0.286. The average Bonchev–Trinajstić information content (AvgIpc) is 2.85. The first kappa shape index (κ1) is 14.8. The highest BCUT2D eigenvalue weighted by molar-refractivity contribution is 4.95. The van der Waals surface area contributed by atoms with Gasteiger partial charge in [0.05, 0.1) is 5.60 Å². The first-order valence-electron chi connectivity index (χ1n) is 9.19. The van der Waals surface area contributed by atoms with Crippen molar-refractivity contribution in [3.05, 3.63) is 0 Å². The Morgan fingerprint density at radius 3 is 2.60 bits per heavy atom. The van der Waals surface area contributed by atoms with Gasteiger partial charge in [0, 0.05) is 12.6 Å². The molecule has 116 valence electrons. The molecule has 0 amide bonds. The fourth-order valence-corrected chi connectivity index (χ4v) is 4.64. The van der Waals surface area contributed by atoms with E-state index < -0.39 is 0 Å². The van der Waals surface area contributed by atoms with Crippen molar-refractivity contribution in [2.75, 3.05) is 13.2 Å². The molecule has 1 N–H and O–H groups in total. The molecule has 2 heteroatoms. The Kier molecular flexibility index (Phi) is 5.04. The first-order valence-corrected chi connectivity index (χ1v) is 9.19. The van der Waals surface area contributed by atoms with Gasteiger partial charge in [0.15, 0.2) is 0 Å². The van der Waals surface area contributed by atoms with Gasteiger partial charge < -0.3 is 10.1 Å². The van der Waals surface area contributed by atoms with Crippen LogP contribution in [0, 0.1) is 11.8 Å². The number of hydrogen-bond acceptors (Lipinski definition) is 2. The van der Waals surface area contributed by atoms with Crippen molar-refractivity contribution in [3.63, 3.8) is 0 Å². The summed E-state index contributed by atoms with van der Waals surface area (Å²) in [5.74, 6) is 1.89. The molecule has 0 bridgehead atoms. The smallest absolute Gasteiger partial charge is 0.0685 e. The van der Waals surface area contributed by atoms with E-state index in [-0.39, 0.29) is 5.60 Å². The van der Waals surface area contributed by atoms with Crippen molar-refractivity contribution >= 4 is 0 Å². The third-order valence-corrected chi connectivity index (χ3v) is 6.08. The van der Waals surface area contributed by atoms with E-state index in [4.69, 9.17) is 4.74 Å². The zero-order chi connectivity index (χ0) is 13.8. The van der Waals surface area contributed by atoms with Crippen LogP contribution >= 0.6 is 0 Å². The third-order valence-electron chi connectivity index (χ3n) is 6.08. The second kappa shape index (κ2) is 6.79. The molecule has 0 aromatic carbocycles. The van der Waals surface area contributed by atoms with Gasteiger partial charge in [-0.3, -0.25) is 0 Å². The molecule has 3 fully saturated rings. The van der Waals surface area contributed by atoms with E-state index in [0.29, 0.717) is 0 Å². The van der Waals surface area contributed by atoms with E-state index >= 15 is 0 Å². The number of hydrogen-bond donors (Lipinski definition) is 1. The van der Waals surface area contributed by atoms with Crippen molar-refractivity contribution in [1.82, 2.24) is 5.32 Å². The van der Waals surface area contributed by atoms with Crippen LogP contribution in [0.4, 0.5) is 0 Å².